The summed E-state index contributed by atoms with van der Waals surface area (Å²) in [6, 6.07) is 11.5. The number of nitrogens with one attached hydrogen (secondary N) is 2. The molecule has 0 amide bonds. The van der Waals surface area contributed by atoms with Crippen LogP contribution in [0.15, 0.2) is 30.3 Å². The van der Waals surface area contributed by atoms with Gasteiger partial charge in [-0.2, -0.15) is 0 Å². The highest BCUT2D eigenvalue weighted by Crippen LogP contribution is 2.16. The minimum absolute atomic E-state index is 0.638. The summed E-state index contributed by atoms with van der Waals surface area (Å²) >= 11 is 0. The normalized spacial score (nSPS) is 22.9. The molecule has 1 saturated heterocycles. The van der Waals surface area contributed by atoms with Gasteiger partial charge < -0.3 is 10.6 Å². The summed E-state index contributed by atoms with van der Waals surface area (Å²) in [5.41, 5.74) is 1.46. The van der Waals surface area contributed by atoms with E-state index in [1.807, 2.05) is 0 Å². The van der Waals surface area contributed by atoms with Gasteiger partial charge in [-0.15, -0.1) is 0 Å². The summed E-state index contributed by atoms with van der Waals surface area (Å²) in [6.45, 7) is 5.63. The molecule has 1 aromatic rings. The lowest BCUT2D eigenvalue weighted by Gasteiger charge is -2.31. The van der Waals surface area contributed by atoms with Gasteiger partial charge in [0, 0.05) is 25.7 Å². The van der Waals surface area contributed by atoms with Crippen molar-refractivity contribution in [1.82, 2.24) is 10.6 Å². The predicted octanol–water partition coefficient (Wildman–Crippen LogP) is 1.82. The average molecular weight is 218 g/mol. The quantitative estimate of drug-likeness (QED) is 0.805. The molecule has 2 N–H and O–H groups in total. The van der Waals surface area contributed by atoms with Crippen molar-refractivity contribution in [3.8, 4) is 0 Å². The first kappa shape index (κ1) is 11.6. The molecule has 0 spiro atoms. The van der Waals surface area contributed by atoms with Crippen molar-refractivity contribution >= 4 is 0 Å². The highest BCUT2D eigenvalue weighted by atomic mass is 15.1. The summed E-state index contributed by atoms with van der Waals surface area (Å²) in [4.78, 5) is 0. The van der Waals surface area contributed by atoms with E-state index in [-0.39, 0.29) is 0 Å². The highest BCUT2D eigenvalue weighted by molar-refractivity contribution is 5.15. The fraction of sp³-hybridized carbons (Fsp3) is 0.571. The van der Waals surface area contributed by atoms with E-state index in [4.69, 9.17) is 0 Å². The molecule has 1 aromatic carbocycles. The van der Waals surface area contributed by atoms with Gasteiger partial charge in [-0.1, -0.05) is 43.7 Å². The van der Waals surface area contributed by atoms with Gasteiger partial charge in [0.25, 0.3) is 0 Å². The standard InChI is InChI=1S/C14H22N2/c1-2-13(14-11-15-8-9-16-14)10-12-6-4-3-5-7-12/h3-7,13-16H,2,8-11H2,1H3. The molecule has 2 unspecified atom stereocenters. The lowest BCUT2D eigenvalue weighted by Crippen LogP contribution is -2.52. The molecule has 2 atom stereocenters. The van der Waals surface area contributed by atoms with Crippen LogP contribution in [-0.2, 0) is 6.42 Å². The number of rotatable bonds is 4. The zero-order valence-corrected chi connectivity index (χ0v) is 10.1. The van der Waals surface area contributed by atoms with Crippen molar-refractivity contribution < 1.29 is 0 Å². The first-order valence-corrected chi connectivity index (χ1v) is 6.38. The fourth-order valence-electron chi connectivity index (χ4n) is 2.50. The Bertz CT molecular complexity index is 291. The van der Waals surface area contributed by atoms with Gasteiger partial charge in [0.05, 0.1) is 0 Å². The van der Waals surface area contributed by atoms with Crippen molar-refractivity contribution in [3.63, 3.8) is 0 Å². The summed E-state index contributed by atoms with van der Waals surface area (Å²) in [5, 5.41) is 7.10. The zero-order valence-electron chi connectivity index (χ0n) is 10.1. The minimum atomic E-state index is 0.638. The molecule has 1 aliphatic rings. The van der Waals surface area contributed by atoms with Crippen molar-refractivity contribution in [1.29, 1.82) is 0 Å². The van der Waals surface area contributed by atoms with Gasteiger partial charge in [-0.25, -0.2) is 0 Å². The van der Waals surface area contributed by atoms with E-state index >= 15 is 0 Å². The Balaban J connectivity index is 1.94. The van der Waals surface area contributed by atoms with Crippen LogP contribution in [0.4, 0.5) is 0 Å². The van der Waals surface area contributed by atoms with Crippen molar-refractivity contribution in [2.24, 2.45) is 5.92 Å². The van der Waals surface area contributed by atoms with Crippen LogP contribution >= 0.6 is 0 Å². The first-order valence-electron chi connectivity index (χ1n) is 6.38. The Labute approximate surface area is 98.4 Å². The van der Waals surface area contributed by atoms with Crippen molar-refractivity contribution in [2.75, 3.05) is 19.6 Å². The molecule has 1 fully saturated rings. The van der Waals surface area contributed by atoms with Crippen LogP contribution in [0, 0.1) is 5.92 Å². The van der Waals surface area contributed by atoms with E-state index in [9.17, 15) is 0 Å². The Hall–Kier alpha value is -0.860. The van der Waals surface area contributed by atoms with Crippen LogP contribution in [0.25, 0.3) is 0 Å². The molecule has 1 aliphatic heterocycles. The van der Waals surface area contributed by atoms with Gasteiger partial charge in [-0.3, -0.25) is 0 Å². The Morgan fingerprint density at radius 1 is 1.25 bits per heavy atom. The summed E-state index contributed by atoms with van der Waals surface area (Å²) in [7, 11) is 0. The Kier molecular flexibility index (Phi) is 4.37. The van der Waals surface area contributed by atoms with Gasteiger partial charge >= 0.3 is 0 Å². The largest absolute Gasteiger partial charge is 0.314 e. The van der Waals surface area contributed by atoms with Crippen molar-refractivity contribution in [3.05, 3.63) is 35.9 Å². The third-order valence-corrected chi connectivity index (χ3v) is 3.51. The smallest absolute Gasteiger partial charge is 0.0224 e. The average Bonchev–Trinajstić information content (AvgIpc) is 2.38. The first-order chi connectivity index (χ1) is 7.90. The molecule has 88 valence electrons. The van der Waals surface area contributed by atoms with Crippen LogP contribution in [0.5, 0.6) is 0 Å². The fourth-order valence-corrected chi connectivity index (χ4v) is 2.50. The summed E-state index contributed by atoms with van der Waals surface area (Å²) in [6.07, 6.45) is 2.44. The second-order valence-electron chi connectivity index (χ2n) is 4.62. The van der Waals surface area contributed by atoms with Gasteiger partial charge in [-0.05, 0) is 17.9 Å². The number of hydrogen-bond donors (Lipinski definition) is 2. The number of hydrogen-bond acceptors (Lipinski definition) is 2. The Morgan fingerprint density at radius 2 is 2.06 bits per heavy atom. The van der Waals surface area contributed by atoms with E-state index in [1.54, 1.807) is 0 Å². The van der Waals surface area contributed by atoms with Crippen molar-refractivity contribution in [2.45, 2.75) is 25.8 Å². The van der Waals surface area contributed by atoms with Gasteiger partial charge in [0.15, 0.2) is 0 Å². The second-order valence-corrected chi connectivity index (χ2v) is 4.62. The van der Waals surface area contributed by atoms with E-state index in [0.717, 1.165) is 25.6 Å². The van der Waals surface area contributed by atoms with Gasteiger partial charge in [0.2, 0.25) is 0 Å². The van der Waals surface area contributed by atoms with E-state index < -0.39 is 0 Å². The molecule has 1 heterocycles. The molecule has 0 bridgehead atoms. The molecule has 2 rings (SSSR count). The molecular weight excluding hydrogens is 196 g/mol. The third kappa shape index (κ3) is 3.06. The molecule has 16 heavy (non-hydrogen) atoms. The predicted molar refractivity (Wildman–Crippen MR) is 68.6 cm³/mol. The number of benzene rings is 1. The van der Waals surface area contributed by atoms with Crippen LogP contribution in [-0.4, -0.2) is 25.7 Å². The zero-order chi connectivity index (χ0) is 11.2. The van der Waals surface area contributed by atoms with E-state index in [0.29, 0.717) is 6.04 Å². The maximum atomic E-state index is 3.63. The minimum Gasteiger partial charge on any atom is -0.314 e. The SMILES string of the molecule is CCC(Cc1ccccc1)C1CNCCN1. The van der Waals surface area contributed by atoms with Gasteiger partial charge in [0.1, 0.15) is 0 Å². The van der Waals surface area contributed by atoms with E-state index in [2.05, 4.69) is 47.9 Å². The highest BCUT2D eigenvalue weighted by Gasteiger charge is 2.21. The molecule has 0 saturated carbocycles. The van der Waals surface area contributed by atoms with Crippen LogP contribution < -0.4 is 10.6 Å². The van der Waals surface area contributed by atoms with Crippen LogP contribution in [0.3, 0.4) is 0 Å². The molecule has 0 radical (unpaired) electrons. The van der Waals surface area contributed by atoms with E-state index in [1.165, 1.54) is 18.4 Å². The van der Waals surface area contributed by atoms with Crippen LogP contribution in [0.2, 0.25) is 0 Å². The topological polar surface area (TPSA) is 24.1 Å². The number of piperazine rings is 1. The third-order valence-electron chi connectivity index (χ3n) is 3.51. The Morgan fingerprint density at radius 3 is 2.69 bits per heavy atom. The lowest BCUT2D eigenvalue weighted by molar-refractivity contribution is 0.299. The summed E-state index contributed by atoms with van der Waals surface area (Å²) in [5.74, 6) is 0.746. The second kappa shape index (κ2) is 6.02. The lowest BCUT2D eigenvalue weighted by atomic mass is 9.89. The maximum absolute atomic E-state index is 3.63. The molecule has 0 aromatic heterocycles. The van der Waals surface area contributed by atoms with Crippen LogP contribution in [0.1, 0.15) is 18.9 Å². The maximum Gasteiger partial charge on any atom is 0.0224 e. The monoisotopic (exact) mass is 218 g/mol. The molecular formula is C14H22N2. The summed E-state index contributed by atoms with van der Waals surface area (Å²) < 4.78 is 0. The molecule has 2 heteroatoms. The molecule has 2 nitrogen and oxygen atoms in total. The molecule has 0 aliphatic carbocycles.